The molecule has 22 heavy (non-hydrogen) atoms. The zero-order chi connectivity index (χ0) is 16.6. The predicted octanol–water partition coefficient (Wildman–Crippen LogP) is 4.74. The second-order valence-electron chi connectivity index (χ2n) is 6.43. The normalized spacial score (nSPS) is 14.3. The maximum atomic E-state index is 12.5. The lowest BCUT2D eigenvalue weighted by molar-refractivity contribution is -0.162. The fraction of sp³-hybridized carbons (Fsp3) is 0.474. The average molecular weight is 299 g/mol. The highest BCUT2D eigenvalue weighted by molar-refractivity contribution is 5.84. The third kappa shape index (κ3) is 5.37. The van der Waals surface area contributed by atoms with E-state index in [4.69, 9.17) is 4.74 Å². The molecule has 1 aromatic rings. The summed E-state index contributed by atoms with van der Waals surface area (Å²) >= 11 is 0. The van der Waals surface area contributed by atoms with E-state index < -0.39 is 17.0 Å². The fourth-order valence-electron chi connectivity index (χ4n) is 2.02. The Morgan fingerprint density at radius 3 is 2.41 bits per heavy atom. The second kappa shape index (κ2) is 7.79. The molecule has 0 radical (unpaired) electrons. The molecule has 0 aliphatic carbocycles. The van der Waals surface area contributed by atoms with Crippen molar-refractivity contribution in [2.24, 2.45) is 5.41 Å². The number of carbonyl (C=O) groups excluding carboxylic acids is 1. The van der Waals surface area contributed by atoms with Crippen LogP contribution in [-0.4, -0.2) is 11.6 Å². The van der Waals surface area contributed by atoms with E-state index in [1.165, 1.54) is 0 Å². The van der Waals surface area contributed by atoms with Crippen LogP contribution in [0.2, 0.25) is 0 Å². The summed E-state index contributed by atoms with van der Waals surface area (Å²) in [6.07, 6.45) is 5.70. The number of nitrogens with zero attached hydrogens (tertiary/aromatic N) is 1. The van der Waals surface area contributed by atoms with Gasteiger partial charge in [-0.25, -0.2) is 4.79 Å². The standard InChI is InChI=1S/C19H25NO2/c1-5-6-13-19(15-20,17(21)22-18(2,3)4)14-12-16-10-8-7-9-11-16/h7-12,14H,5-6,13H2,1-4H3/b14-12+/t19-/m0/s1. The summed E-state index contributed by atoms with van der Waals surface area (Å²) in [5, 5.41) is 9.65. The van der Waals surface area contributed by atoms with Crippen molar-refractivity contribution in [1.29, 1.82) is 5.26 Å². The van der Waals surface area contributed by atoms with Crippen LogP contribution < -0.4 is 0 Å². The average Bonchev–Trinajstić information content (AvgIpc) is 2.47. The van der Waals surface area contributed by atoms with Crippen LogP contribution in [0.15, 0.2) is 36.4 Å². The molecule has 1 rings (SSSR count). The number of nitriles is 1. The minimum atomic E-state index is -1.22. The number of ether oxygens (including phenoxy) is 1. The lowest BCUT2D eigenvalue weighted by Crippen LogP contribution is -2.35. The molecule has 3 heteroatoms. The molecular weight excluding hydrogens is 274 g/mol. The van der Waals surface area contributed by atoms with Gasteiger partial charge in [-0.2, -0.15) is 5.26 Å². The van der Waals surface area contributed by atoms with Crippen LogP contribution in [0.1, 0.15) is 52.5 Å². The highest BCUT2D eigenvalue weighted by Crippen LogP contribution is 2.30. The highest BCUT2D eigenvalue weighted by atomic mass is 16.6. The Hall–Kier alpha value is -2.08. The summed E-state index contributed by atoms with van der Waals surface area (Å²) in [6, 6.07) is 11.8. The van der Waals surface area contributed by atoms with Gasteiger partial charge in [0.2, 0.25) is 0 Å². The van der Waals surface area contributed by atoms with E-state index >= 15 is 0 Å². The van der Waals surface area contributed by atoms with Gasteiger partial charge >= 0.3 is 5.97 Å². The molecule has 0 fully saturated rings. The van der Waals surface area contributed by atoms with Gasteiger partial charge in [0.15, 0.2) is 5.41 Å². The van der Waals surface area contributed by atoms with Crippen molar-refractivity contribution >= 4 is 12.0 Å². The molecule has 0 heterocycles. The lowest BCUT2D eigenvalue weighted by atomic mass is 9.83. The number of hydrogen-bond acceptors (Lipinski definition) is 3. The van der Waals surface area contributed by atoms with E-state index in [1.54, 1.807) is 6.08 Å². The predicted molar refractivity (Wildman–Crippen MR) is 88.9 cm³/mol. The van der Waals surface area contributed by atoms with Crippen molar-refractivity contribution < 1.29 is 9.53 Å². The molecule has 3 nitrogen and oxygen atoms in total. The molecule has 0 aliphatic heterocycles. The number of hydrogen-bond donors (Lipinski definition) is 0. The van der Waals surface area contributed by atoms with Crippen LogP contribution in [-0.2, 0) is 9.53 Å². The van der Waals surface area contributed by atoms with E-state index in [0.717, 1.165) is 18.4 Å². The van der Waals surface area contributed by atoms with Crippen LogP contribution in [0, 0.1) is 16.7 Å². The molecule has 0 amide bonds. The van der Waals surface area contributed by atoms with Crippen LogP contribution in [0.4, 0.5) is 0 Å². The zero-order valence-corrected chi connectivity index (χ0v) is 13.9. The third-order valence-electron chi connectivity index (χ3n) is 3.25. The monoisotopic (exact) mass is 299 g/mol. The van der Waals surface area contributed by atoms with Crippen molar-refractivity contribution in [3.8, 4) is 6.07 Å². The van der Waals surface area contributed by atoms with Crippen molar-refractivity contribution in [1.82, 2.24) is 0 Å². The molecule has 1 atom stereocenters. The van der Waals surface area contributed by atoms with E-state index in [9.17, 15) is 10.1 Å². The molecule has 0 aromatic heterocycles. The van der Waals surface area contributed by atoms with E-state index in [0.29, 0.717) is 6.42 Å². The largest absolute Gasteiger partial charge is 0.459 e. The minimum Gasteiger partial charge on any atom is -0.459 e. The number of rotatable bonds is 6. The summed E-state index contributed by atoms with van der Waals surface area (Å²) in [4.78, 5) is 12.5. The summed E-state index contributed by atoms with van der Waals surface area (Å²) in [5.41, 5.74) is -0.868. The van der Waals surface area contributed by atoms with E-state index in [2.05, 4.69) is 6.07 Å². The Kier molecular flexibility index (Phi) is 6.37. The Labute approximate surface area is 133 Å². The fourth-order valence-corrected chi connectivity index (χ4v) is 2.02. The van der Waals surface area contributed by atoms with Crippen LogP contribution in [0.3, 0.4) is 0 Å². The molecule has 0 aliphatic rings. The Balaban J connectivity index is 3.08. The quantitative estimate of drug-likeness (QED) is 0.713. The SMILES string of the molecule is CCCC[C@@](C#N)(/C=C/c1ccccc1)C(=O)OC(C)(C)C. The van der Waals surface area contributed by atoms with Gasteiger partial charge in [0.05, 0.1) is 6.07 Å². The number of unbranched alkanes of at least 4 members (excludes halogenated alkanes) is 1. The van der Waals surface area contributed by atoms with Crippen LogP contribution in [0.5, 0.6) is 0 Å². The van der Waals surface area contributed by atoms with Crippen molar-refractivity contribution in [3.63, 3.8) is 0 Å². The highest BCUT2D eigenvalue weighted by Gasteiger charge is 2.39. The Morgan fingerprint density at radius 2 is 1.91 bits per heavy atom. The first kappa shape index (κ1) is 18.0. The maximum absolute atomic E-state index is 12.5. The minimum absolute atomic E-state index is 0.469. The number of benzene rings is 1. The summed E-state index contributed by atoms with van der Waals surface area (Å²) in [5.74, 6) is -0.469. The van der Waals surface area contributed by atoms with E-state index in [-0.39, 0.29) is 0 Å². The summed E-state index contributed by atoms with van der Waals surface area (Å²) < 4.78 is 5.47. The molecule has 0 spiro atoms. The first-order valence-electron chi connectivity index (χ1n) is 7.72. The first-order chi connectivity index (χ1) is 10.3. The molecule has 1 aromatic carbocycles. The molecule has 0 saturated carbocycles. The number of carbonyl (C=O) groups is 1. The van der Waals surface area contributed by atoms with Gasteiger partial charge in [0.1, 0.15) is 5.60 Å². The van der Waals surface area contributed by atoms with Gasteiger partial charge < -0.3 is 4.74 Å². The molecule has 0 N–H and O–H groups in total. The summed E-state index contributed by atoms with van der Waals surface area (Å²) in [7, 11) is 0. The van der Waals surface area contributed by atoms with Crippen LogP contribution >= 0.6 is 0 Å². The third-order valence-corrected chi connectivity index (χ3v) is 3.25. The Morgan fingerprint density at radius 1 is 1.27 bits per heavy atom. The van der Waals surface area contributed by atoms with Crippen molar-refractivity contribution in [2.45, 2.75) is 52.6 Å². The van der Waals surface area contributed by atoms with Gasteiger partial charge in [0.25, 0.3) is 0 Å². The second-order valence-corrected chi connectivity index (χ2v) is 6.43. The topological polar surface area (TPSA) is 50.1 Å². The smallest absolute Gasteiger partial charge is 0.330 e. The lowest BCUT2D eigenvalue weighted by Gasteiger charge is -2.27. The molecule has 0 saturated heterocycles. The van der Waals surface area contributed by atoms with Crippen LogP contribution in [0.25, 0.3) is 6.08 Å². The molecular formula is C19H25NO2. The van der Waals surface area contributed by atoms with Gasteiger partial charge in [0, 0.05) is 0 Å². The maximum Gasteiger partial charge on any atom is 0.330 e. The zero-order valence-electron chi connectivity index (χ0n) is 13.9. The Bertz CT molecular complexity index is 549. The summed E-state index contributed by atoms with van der Waals surface area (Å²) in [6.45, 7) is 7.48. The molecule has 0 bridgehead atoms. The molecule has 0 unspecified atom stereocenters. The first-order valence-corrected chi connectivity index (χ1v) is 7.72. The van der Waals surface area contributed by atoms with E-state index in [1.807, 2.05) is 64.1 Å². The van der Waals surface area contributed by atoms with Gasteiger partial charge in [-0.3, -0.25) is 0 Å². The molecule has 118 valence electrons. The van der Waals surface area contributed by atoms with Crippen molar-refractivity contribution in [2.75, 3.05) is 0 Å². The van der Waals surface area contributed by atoms with Crippen molar-refractivity contribution in [3.05, 3.63) is 42.0 Å². The number of esters is 1. The van der Waals surface area contributed by atoms with Gasteiger partial charge in [-0.15, -0.1) is 0 Å². The van der Waals surface area contributed by atoms with Gasteiger partial charge in [-0.1, -0.05) is 62.2 Å². The van der Waals surface area contributed by atoms with Gasteiger partial charge in [-0.05, 0) is 32.8 Å².